The number of aromatic nitrogens is 1. The molecule has 1 heterocycles. The van der Waals surface area contributed by atoms with Crippen molar-refractivity contribution in [3.63, 3.8) is 0 Å². The number of aromatic amines is 1. The summed E-state index contributed by atoms with van der Waals surface area (Å²) in [6, 6.07) is 1.36. The third kappa shape index (κ3) is 1.83. The van der Waals surface area contributed by atoms with E-state index in [1.165, 1.54) is 6.07 Å². The summed E-state index contributed by atoms with van der Waals surface area (Å²) in [6.45, 7) is 0. The smallest absolute Gasteiger partial charge is 0.341 e. The Labute approximate surface area is 81.6 Å². The average Bonchev–Trinajstić information content (AvgIpc) is 2.15. The number of pyridine rings is 1. The van der Waals surface area contributed by atoms with Gasteiger partial charge in [0, 0.05) is 6.20 Å². The van der Waals surface area contributed by atoms with Crippen LogP contribution in [0.5, 0.6) is 0 Å². The van der Waals surface area contributed by atoms with Crippen LogP contribution in [-0.4, -0.2) is 16.1 Å². The molecule has 0 saturated heterocycles. The predicted molar refractivity (Wildman–Crippen MR) is 43.7 cm³/mol. The maximum absolute atomic E-state index is 12.4. The van der Waals surface area contributed by atoms with Gasteiger partial charge in [-0.25, -0.2) is 13.6 Å². The predicted octanol–water partition coefficient (Wildman–Crippen LogP) is 0.882. The van der Waals surface area contributed by atoms with Crippen molar-refractivity contribution in [2.75, 3.05) is 0 Å². The van der Waals surface area contributed by atoms with Crippen molar-refractivity contribution < 1.29 is 18.7 Å². The minimum Gasteiger partial charge on any atom is -0.477 e. The minimum atomic E-state index is -3.19. The Morgan fingerprint density at radius 1 is 1.60 bits per heavy atom. The summed E-state index contributed by atoms with van der Waals surface area (Å²) in [5.41, 5.74) is -3.89. The van der Waals surface area contributed by atoms with Gasteiger partial charge in [-0.2, -0.15) is 5.26 Å². The summed E-state index contributed by atoms with van der Waals surface area (Å²) in [5.74, 6) is -1.62. The molecular weight excluding hydrogens is 210 g/mol. The summed E-state index contributed by atoms with van der Waals surface area (Å²) in [6.07, 6.45) is -2.47. The van der Waals surface area contributed by atoms with Gasteiger partial charge in [0.1, 0.15) is 22.9 Å². The highest BCUT2D eigenvalue weighted by Gasteiger charge is 2.22. The van der Waals surface area contributed by atoms with Crippen molar-refractivity contribution in [1.29, 1.82) is 5.26 Å². The highest BCUT2D eigenvalue weighted by molar-refractivity contribution is 5.87. The first-order valence-corrected chi connectivity index (χ1v) is 3.66. The second-order valence-corrected chi connectivity index (χ2v) is 2.54. The van der Waals surface area contributed by atoms with E-state index in [9.17, 15) is 18.4 Å². The molecule has 15 heavy (non-hydrogen) atoms. The van der Waals surface area contributed by atoms with E-state index in [-0.39, 0.29) is 0 Å². The Balaban J connectivity index is 3.59. The van der Waals surface area contributed by atoms with E-state index in [4.69, 9.17) is 10.4 Å². The van der Waals surface area contributed by atoms with Gasteiger partial charge in [-0.3, -0.25) is 4.79 Å². The summed E-state index contributed by atoms with van der Waals surface area (Å²) in [4.78, 5) is 23.7. The molecule has 0 aliphatic carbocycles. The number of carboxylic acids is 1. The number of hydrogen-bond acceptors (Lipinski definition) is 3. The number of nitrogens with zero attached hydrogens (tertiary/aromatic N) is 1. The van der Waals surface area contributed by atoms with Crippen LogP contribution in [0.1, 0.15) is 28.0 Å². The zero-order valence-electron chi connectivity index (χ0n) is 7.12. The normalized spacial score (nSPS) is 10.0. The van der Waals surface area contributed by atoms with Gasteiger partial charge in [-0.15, -0.1) is 0 Å². The molecule has 0 aliphatic heterocycles. The molecule has 1 rings (SSSR count). The number of nitriles is 1. The Bertz CT molecular complexity index is 502. The van der Waals surface area contributed by atoms with E-state index in [1.807, 2.05) is 4.98 Å². The van der Waals surface area contributed by atoms with E-state index in [2.05, 4.69) is 0 Å². The first kappa shape index (κ1) is 10.8. The van der Waals surface area contributed by atoms with Gasteiger partial charge < -0.3 is 10.1 Å². The van der Waals surface area contributed by atoms with Crippen LogP contribution in [0.4, 0.5) is 8.78 Å². The largest absolute Gasteiger partial charge is 0.477 e. The van der Waals surface area contributed by atoms with Crippen molar-refractivity contribution in [3.8, 4) is 6.07 Å². The molecule has 0 aliphatic rings. The van der Waals surface area contributed by atoms with Gasteiger partial charge in [0.05, 0.1) is 0 Å². The second kappa shape index (κ2) is 3.88. The van der Waals surface area contributed by atoms with Crippen molar-refractivity contribution in [2.45, 2.75) is 6.43 Å². The van der Waals surface area contributed by atoms with Crippen LogP contribution in [0.3, 0.4) is 0 Å². The molecular formula is C8H4F2N2O3. The Morgan fingerprint density at radius 3 is 2.60 bits per heavy atom. The fraction of sp³-hybridized carbons (Fsp3) is 0.125. The first-order chi connectivity index (χ1) is 6.99. The summed E-state index contributed by atoms with van der Waals surface area (Å²) >= 11 is 0. The SMILES string of the molecule is N#Cc1[nH]cc(C(=O)O)c(=O)c1C(F)F. The van der Waals surface area contributed by atoms with Crippen LogP contribution in [0.15, 0.2) is 11.0 Å². The lowest BCUT2D eigenvalue weighted by Crippen LogP contribution is -2.21. The summed E-state index contributed by atoms with van der Waals surface area (Å²) in [7, 11) is 0. The number of hydrogen-bond donors (Lipinski definition) is 2. The molecule has 0 radical (unpaired) electrons. The number of aromatic carboxylic acids is 1. The van der Waals surface area contributed by atoms with Crippen LogP contribution in [0.25, 0.3) is 0 Å². The van der Waals surface area contributed by atoms with E-state index in [0.29, 0.717) is 0 Å². The third-order valence-corrected chi connectivity index (χ3v) is 1.68. The lowest BCUT2D eigenvalue weighted by molar-refractivity contribution is 0.0694. The molecule has 2 N–H and O–H groups in total. The van der Waals surface area contributed by atoms with Crippen molar-refractivity contribution in [2.24, 2.45) is 0 Å². The number of alkyl halides is 2. The molecule has 0 amide bonds. The first-order valence-electron chi connectivity index (χ1n) is 3.66. The minimum absolute atomic E-state index is 0.625. The fourth-order valence-corrected chi connectivity index (χ4v) is 1.01. The standard InChI is InChI=1S/C8H4F2N2O3/c9-7(10)5-4(1-11)12-2-3(6(5)13)8(14)15/h2,7H,(H,12,13)(H,14,15). The van der Waals surface area contributed by atoms with Crippen molar-refractivity contribution in [1.82, 2.24) is 4.98 Å². The molecule has 0 bridgehead atoms. The average molecular weight is 214 g/mol. The van der Waals surface area contributed by atoms with E-state index in [0.717, 1.165) is 6.20 Å². The van der Waals surface area contributed by atoms with Gasteiger partial charge in [0.2, 0.25) is 5.43 Å². The maximum atomic E-state index is 12.4. The highest BCUT2D eigenvalue weighted by Crippen LogP contribution is 2.17. The van der Waals surface area contributed by atoms with Gasteiger partial charge in [-0.1, -0.05) is 0 Å². The quantitative estimate of drug-likeness (QED) is 0.764. The molecule has 78 valence electrons. The van der Waals surface area contributed by atoms with Crippen molar-refractivity contribution >= 4 is 5.97 Å². The van der Waals surface area contributed by atoms with E-state index >= 15 is 0 Å². The molecule has 0 spiro atoms. The lowest BCUT2D eigenvalue weighted by Gasteiger charge is -2.02. The Hall–Kier alpha value is -2.23. The molecule has 0 saturated carbocycles. The molecule has 0 aromatic carbocycles. The number of halogens is 2. The number of H-pyrrole nitrogens is 1. The molecule has 0 atom stereocenters. The van der Waals surface area contributed by atoms with Crippen LogP contribution in [-0.2, 0) is 0 Å². The number of carboxylic acid groups (broad SMARTS) is 1. The maximum Gasteiger partial charge on any atom is 0.341 e. The Morgan fingerprint density at radius 2 is 2.20 bits per heavy atom. The molecule has 1 aromatic heterocycles. The molecule has 1 aromatic rings. The van der Waals surface area contributed by atoms with Gasteiger partial charge in [-0.05, 0) is 0 Å². The van der Waals surface area contributed by atoms with Crippen LogP contribution in [0, 0.1) is 11.3 Å². The number of nitrogens with one attached hydrogen (secondary N) is 1. The van der Waals surface area contributed by atoms with Gasteiger partial charge in [0.15, 0.2) is 0 Å². The van der Waals surface area contributed by atoms with Gasteiger partial charge >= 0.3 is 5.97 Å². The monoisotopic (exact) mass is 214 g/mol. The number of rotatable bonds is 2. The second-order valence-electron chi connectivity index (χ2n) is 2.54. The topological polar surface area (TPSA) is 93.9 Å². The van der Waals surface area contributed by atoms with Crippen LogP contribution >= 0.6 is 0 Å². The highest BCUT2D eigenvalue weighted by atomic mass is 19.3. The zero-order chi connectivity index (χ0) is 11.6. The molecule has 0 fully saturated rings. The molecule has 5 nitrogen and oxygen atoms in total. The Kier molecular flexibility index (Phi) is 2.80. The molecule has 7 heteroatoms. The van der Waals surface area contributed by atoms with Gasteiger partial charge in [0.25, 0.3) is 6.43 Å². The summed E-state index contributed by atoms with van der Waals surface area (Å²) < 4.78 is 24.7. The lowest BCUT2D eigenvalue weighted by atomic mass is 10.1. The third-order valence-electron chi connectivity index (χ3n) is 1.68. The van der Waals surface area contributed by atoms with Crippen molar-refractivity contribution in [3.05, 3.63) is 33.2 Å². The summed E-state index contributed by atoms with van der Waals surface area (Å²) in [5, 5.41) is 16.9. The van der Waals surface area contributed by atoms with E-state index in [1.54, 1.807) is 0 Å². The number of carbonyl (C=O) groups is 1. The molecule has 0 unspecified atom stereocenters. The van der Waals surface area contributed by atoms with E-state index < -0.39 is 34.6 Å². The van der Waals surface area contributed by atoms with Crippen LogP contribution in [0.2, 0.25) is 0 Å². The fourth-order valence-electron chi connectivity index (χ4n) is 1.01. The van der Waals surface area contributed by atoms with Crippen LogP contribution < -0.4 is 5.43 Å². The zero-order valence-corrected chi connectivity index (χ0v) is 7.12.